The molecule has 23 heavy (non-hydrogen) atoms. The van der Waals surface area contributed by atoms with Crippen LogP contribution in [0.15, 0.2) is 78.9 Å². The Morgan fingerprint density at radius 3 is 2.22 bits per heavy atom. The molecule has 0 bridgehead atoms. The standard InChI is InChI=1S/C21H14O2/c22-21(23)19-10-4-7-15-11-12-16(13-20(15)19)18-9-3-6-14-5-1-2-8-17(14)18/h1-13H,(H,22,23). The molecule has 0 saturated heterocycles. The first-order valence-electron chi connectivity index (χ1n) is 7.48. The molecule has 0 heterocycles. The minimum atomic E-state index is -0.898. The fourth-order valence-electron chi connectivity index (χ4n) is 3.10. The minimum Gasteiger partial charge on any atom is -0.478 e. The van der Waals surface area contributed by atoms with Gasteiger partial charge in [-0.15, -0.1) is 0 Å². The Bertz CT molecular complexity index is 1040. The van der Waals surface area contributed by atoms with Crippen LogP contribution in [-0.4, -0.2) is 11.1 Å². The van der Waals surface area contributed by atoms with Crippen molar-refractivity contribution >= 4 is 27.5 Å². The van der Waals surface area contributed by atoms with Crippen LogP contribution < -0.4 is 0 Å². The van der Waals surface area contributed by atoms with Gasteiger partial charge < -0.3 is 5.11 Å². The third kappa shape index (κ3) is 2.25. The average Bonchev–Trinajstić information content (AvgIpc) is 2.60. The molecule has 4 rings (SSSR count). The number of rotatable bonds is 2. The molecule has 0 aliphatic rings. The maximum atomic E-state index is 11.5. The summed E-state index contributed by atoms with van der Waals surface area (Å²) in [7, 11) is 0. The number of benzene rings is 4. The summed E-state index contributed by atoms with van der Waals surface area (Å²) < 4.78 is 0. The smallest absolute Gasteiger partial charge is 0.336 e. The molecule has 0 aliphatic carbocycles. The lowest BCUT2D eigenvalue weighted by Crippen LogP contribution is -1.97. The van der Waals surface area contributed by atoms with Crippen LogP contribution in [0.1, 0.15) is 10.4 Å². The fourth-order valence-corrected chi connectivity index (χ4v) is 3.10. The van der Waals surface area contributed by atoms with E-state index in [0.29, 0.717) is 5.56 Å². The second kappa shape index (κ2) is 5.25. The van der Waals surface area contributed by atoms with Gasteiger partial charge in [0, 0.05) is 0 Å². The Balaban J connectivity index is 2.02. The van der Waals surface area contributed by atoms with E-state index in [-0.39, 0.29) is 0 Å². The third-order valence-electron chi connectivity index (χ3n) is 4.21. The fraction of sp³-hybridized carbons (Fsp3) is 0. The van der Waals surface area contributed by atoms with Crippen molar-refractivity contribution in [2.75, 3.05) is 0 Å². The molecule has 0 radical (unpaired) electrons. The maximum absolute atomic E-state index is 11.5. The molecule has 0 atom stereocenters. The summed E-state index contributed by atoms with van der Waals surface area (Å²) in [5.74, 6) is -0.898. The van der Waals surface area contributed by atoms with E-state index in [0.717, 1.165) is 21.9 Å². The molecular formula is C21H14O2. The molecular weight excluding hydrogens is 284 g/mol. The predicted molar refractivity (Wildman–Crippen MR) is 93.8 cm³/mol. The van der Waals surface area contributed by atoms with Crippen molar-refractivity contribution in [3.63, 3.8) is 0 Å². The van der Waals surface area contributed by atoms with Crippen LogP contribution in [0.4, 0.5) is 0 Å². The number of aromatic carboxylic acids is 1. The topological polar surface area (TPSA) is 37.3 Å². The van der Waals surface area contributed by atoms with Crippen LogP contribution in [0.5, 0.6) is 0 Å². The number of fused-ring (bicyclic) bond motifs is 2. The summed E-state index contributed by atoms with van der Waals surface area (Å²) in [6, 6.07) is 25.8. The normalized spacial score (nSPS) is 11.0. The highest BCUT2D eigenvalue weighted by Crippen LogP contribution is 2.31. The lowest BCUT2D eigenvalue weighted by molar-refractivity contribution is 0.0699. The van der Waals surface area contributed by atoms with E-state index in [1.54, 1.807) is 12.1 Å². The van der Waals surface area contributed by atoms with Crippen LogP contribution in [0.2, 0.25) is 0 Å². The molecule has 0 saturated carbocycles. The van der Waals surface area contributed by atoms with Crippen molar-refractivity contribution in [2.24, 2.45) is 0 Å². The van der Waals surface area contributed by atoms with E-state index >= 15 is 0 Å². The Hall–Kier alpha value is -3.13. The average molecular weight is 298 g/mol. The summed E-state index contributed by atoms with van der Waals surface area (Å²) >= 11 is 0. The highest BCUT2D eigenvalue weighted by molar-refractivity contribution is 6.06. The first kappa shape index (κ1) is 13.5. The van der Waals surface area contributed by atoms with Crippen molar-refractivity contribution in [2.45, 2.75) is 0 Å². The lowest BCUT2D eigenvalue weighted by Gasteiger charge is -2.09. The van der Waals surface area contributed by atoms with Gasteiger partial charge in [0.15, 0.2) is 0 Å². The zero-order valence-corrected chi connectivity index (χ0v) is 12.4. The van der Waals surface area contributed by atoms with Gasteiger partial charge in [0.05, 0.1) is 5.56 Å². The largest absolute Gasteiger partial charge is 0.478 e. The zero-order valence-electron chi connectivity index (χ0n) is 12.4. The number of carboxylic acid groups (broad SMARTS) is 1. The second-order valence-corrected chi connectivity index (χ2v) is 5.57. The molecule has 0 amide bonds. The molecule has 2 heteroatoms. The molecule has 1 N–H and O–H groups in total. The van der Waals surface area contributed by atoms with E-state index in [2.05, 4.69) is 30.3 Å². The van der Waals surface area contributed by atoms with Gasteiger partial charge in [0.25, 0.3) is 0 Å². The van der Waals surface area contributed by atoms with Crippen LogP contribution in [0.25, 0.3) is 32.7 Å². The second-order valence-electron chi connectivity index (χ2n) is 5.57. The number of hydrogen-bond donors (Lipinski definition) is 1. The quantitative estimate of drug-likeness (QED) is 0.541. The maximum Gasteiger partial charge on any atom is 0.336 e. The Labute approximate surface area is 133 Å². The first-order valence-corrected chi connectivity index (χ1v) is 7.48. The van der Waals surface area contributed by atoms with E-state index < -0.39 is 5.97 Å². The highest BCUT2D eigenvalue weighted by atomic mass is 16.4. The molecule has 0 spiro atoms. The number of carbonyl (C=O) groups is 1. The van der Waals surface area contributed by atoms with Gasteiger partial charge in [-0.25, -0.2) is 4.79 Å². The number of hydrogen-bond acceptors (Lipinski definition) is 1. The lowest BCUT2D eigenvalue weighted by atomic mass is 9.95. The van der Waals surface area contributed by atoms with Crippen molar-refractivity contribution in [3.05, 3.63) is 84.4 Å². The minimum absolute atomic E-state index is 0.338. The molecule has 0 aliphatic heterocycles. The van der Waals surface area contributed by atoms with E-state index in [1.165, 1.54) is 10.8 Å². The van der Waals surface area contributed by atoms with Crippen LogP contribution in [0, 0.1) is 0 Å². The van der Waals surface area contributed by atoms with E-state index in [1.807, 2.05) is 36.4 Å². The summed E-state index contributed by atoms with van der Waals surface area (Å²) in [5, 5.41) is 13.5. The van der Waals surface area contributed by atoms with Crippen LogP contribution >= 0.6 is 0 Å². The predicted octanol–water partition coefficient (Wildman–Crippen LogP) is 5.36. The monoisotopic (exact) mass is 298 g/mol. The van der Waals surface area contributed by atoms with Gasteiger partial charge in [-0.05, 0) is 44.8 Å². The SMILES string of the molecule is O=C(O)c1cccc2ccc(-c3cccc4ccccc34)cc12. The van der Waals surface area contributed by atoms with E-state index in [4.69, 9.17) is 0 Å². The molecule has 4 aromatic carbocycles. The molecule has 2 nitrogen and oxygen atoms in total. The Morgan fingerprint density at radius 1 is 0.696 bits per heavy atom. The van der Waals surface area contributed by atoms with Crippen molar-refractivity contribution in [3.8, 4) is 11.1 Å². The summed E-state index contributed by atoms with van der Waals surface area (Å²) in [4.78, 5) is 11.5. The third-order valence-corrected chi connectivity index (χ3v) is 4.21. The van der Waals surface area contributed by atoms with Crippen molar-refractivity contribution < 1.29 is 9.90 Å². The molecule has 0 aromatic heterocycles. The highest BCUT2D eigenvalue weighted by Gasteiger charge is 2.10. The summed E-state index contributed by atoms with van der Waals surface area (Å²) in [5.41, 5.74) is 2.48. The van der Waals surface area contributed by atoms with Crippen LogP contribution in [-0.2, 0) is 0 Å². The van der Waals surface area contributed by atoms with Crippen molar-refractivity contribution in [1.82, 2.24) is 0 Å². The molecule has 110 valence electrons. The van der Waals surface area contributed by atoms with Crippen molar-refractivity contribution in [1.29, 1.82) is 0 Å². The van der Waals surface area contributed by atoms with Gasteiger partial charge in [-0.3, -0.25) is 0 Å². The van der Waals surface area contributed by atoms with Gasteiger partial charge in [-0.1, -0.05) is 66.7 Å². The van der Waals surface area contributed by atoms with Gasteiger partial charge in [0.1, 0.15) is 0 Å². The van der Waals surface area contributed by atoms with Gasteiger partial charge in [0.2, 0.25) is 0 Å². The van der Waals surface area contributed by atoms with Gasteiger partial charge in [-0.2, -0.15) is 0 Å². The molecule has 0 fully saturated rings. The van der Waals surface area contributed by atoms with Gasteiger partial charge >= 0.3 is 5.97 Å². The number of carboxylic acids is 1. The van der Waals surface area contributed by atoms with E-state index in [9.17, 15) is 9.90 Å². The Morgan fingerprint density at radius 2 is 1.39 bits per heavy atom. The first-order chi connectivity index (χ1) is 11.2. The summed E-state index contributed by atoms with van der Waals surface area (Å²) in [6.45, 7) is 0. The summed E-state index contributed by atoms with van der Waals surface area (Å²) in [6.07, 6.45) is 0. The van der Waals surface area contributed by atoms with Crippen LogP contribution in [0.3, 0.4) is 0 Å². The zero-order chi connectivity index (χ0) is 15.8. The Kier molecular flexibility index (Phi) is 3.09. The molecule has 4 aromatic rings. The molecule has 0 unspecified atom stereocenters.